The van der Waals surface area contributed by atoms with Gasteiger partial charge in [-0.05, 0) is 42.5 Å². The molecule has 112 valence electrons. The number of hydrogen-bond donors (Lipinski definition) is 0. The normalized spacial score (nSPS) is 19.5. The summed E-state index contributed by atoms with van der Waals surface area (Å²) in [6.45, 7) is 0. The summed E-state index contributed by atoms with van der Waals surface area (Å²) in [6, 6.07) is 6.97. The molecule has 5 heteroatoms. The highest BCUT2D eigenvalue weighted by atomic mass is 79.9. The molecule has 1 fully saturated rings. The van der Waals surface area contributed by atoms with Gasteiger partial charge >= 0.3 is 0 Å². The van der Waals surface area contributed by atoms with E-state index in [2.05, 4.69) is 31.9 Å². The summed E-state index contributed by atoms with van der Waals surface area (Å²) in [5, 5.41) is 0.774. The highest BCUT2D eigenvalue weighted by Gasteiger charge is 2.35. The minimum Gasteiger partial charge on any atom is -0.224 e. The molecule has 0 bridgehead atoms. The Morgan fingerprint density at radius 3 is 2.05 bits per heavy atom. The van der Waals surface area contributed by atoms with E-state index in [4.69, 9.17) is 0 Å². The highest BCUT2D eigenvalue weighted by Crippen LogP contribution is 2.39. The molecule has 0 unspecified atom stereocenters. The molecule has 0 N–H and O–H groups in total. The Balaban J connectivity index is 2.23. The van der Waals surface area contributed by atoms with Gasteiger partial charge < -0.3 is 0 Å². The van der Waals surface area contributed by atoms with Crippen LogP contribution in [0.1, 0.15) is 38.5 Å². The van der Waals surface area contributed by atoms with E-state index >= 15 is 0 Å². The van der Waals surface area contributed by atoms with Crippen molar-refractivity contribution in [2.24, 2.45) is 5.41 Å². The van der Waals surface area contributed by atoms with E-state index in [1.54, 1.807) is 24.3 Å². The van der Waals surface area contributed by atoms with Gasteiger partial charge in [0.15, 0.2) is 9.84 Å². The molecule has 0 heterocycles. The topological polar surface area (TPSA) is 34.1 Å². The summed E-state index contributed by atoms with van der Waals surface area (Å²) in [5.41, 5.74) is -0.0948. The monoisotopic (exact) mass is 422 g/mol. The zero-order chi connectivity index (χ0) is 14.6. The lowest BCUT2D eigenvalue weighted by atomic mass is 9.85. The van der Waals surface area contributed by atoms with Gasteiger partial charge in [0.2, 0.25) is 0 Å². The van der Waals surface area contributed by atoms with Crippen LogP contribution in [-0.4, -0.2) is 19.5 Å². The van der Waals surface area contributed by atoms with Crippen molar-refractivity contribution >= 4 is 41.7 Å². The van der Waals surface area contributed by atoms with Crippen LogP contribution in [0.15, 0.2) is 33.6 Å². The molecule has 1 aromatic carbocycles. The Morgan fingerprint density at radius 1 is 1.00 bits per heavy atom. The molecule has 0 atom stereocenters. The first-order valence-corrected chi connectivity index (χ1v) is 10.6. The van der Waals surface area contributed by atoms with E-state index in [0.29, 0.717) is 4.90 Å². The maximum atomic E-state index is 12.7. The molecule has 1 aliphatic rings. The minimum absolute atomic E-state index is 0.0948. The number of hydrogen-bond acceptors (Lipinski definition) is 2. The first kappa shape index (κ1) is 16.5. The van der Waals surface area contributed by atoms with Crippen molar-refractivity contribution < 1.29 is 8.42 Å². The summed E-state index contributed by atoms with van der Waals surface area (Å²) in [4.78, 5) is 0.435. The van der Waals surface area contributed by atoms with Crippen LogP contribution in [-0.2, 0) is 9.84 Å². The van der Waals surface area contributed by atoms with Crippen LogP contribution in [0.5, 0.6) is 0 Å². The quantitative estimate of drug-likeness (QED) is 0.506. The van der Waals surface area contributed by atoms with E-state index in [9.17, 15) is 8.42 Å². The second-order valence-electron chi connectivity index (χ2n) is 5.76. The largest absolute Gasteiger partial charge is 0.224 e. The lowest BCUT2D eigenvalue weighted by Gasteiger charge is -2.30. The van der Waals surface area contributed by atoms with Crippen LogP contribution in [0.2, 0.25) is 0 Å². The zero-order valence-corrected chi connectivity index (χ0v) is 15.4. The molecule has 0 spiro atoms. The van der Waals surface area contributed by atoms with E-state index in [-0.39, 0.29) is 11.2 Å². The van der Waals surface area contributed by atoms with Crippen LogP contribution in [0.25, 0.3) is 0 Å². The summed E-state index contributed by atoms with van der Waals surface area (Å²) in [7, 11) is -3.21. The molecule has 2 rings (SSSR count). The van der Waals surface area contributed by atoms with Gasteiger partial charge in [0.25, 0.3) is 0 Å². The second kappa shape index (κ2) is 6.93. The average molecular weight is 424 g/mol. The van der Waals surface area contributed by atoms with Gasteiger partial charge in [-0.15, -0.1) is 0 Å². The minimum atomic E-state index is -3.21. The Morgan fingerprint density at radius 2 is 1.55 bits per heavy atom. The lowest BCUT2D eigenvalue weighted by molar-refractivity contribution is 0.327. The maximum Gasteiger partial charge on any atom is 0.178 e. The van der Waals surface area contributed by atoms with Gasteiger partial charge in [-0.1, -0.05) is 57.5 Å². The van der Waals surface area contributed by atoms with Crippen molar-refractivity contribution in [3.63, 3.8) is 0 Å². The lowest BCUT2D eigenvalue weighted by Crippen LogP contribution is -2.31. The predicted octanol–water partition coefficient (Wildman–Crippen LogP) is 4.96. The van der Waals surface area contributed by atoms with Gasteiger partial charge in [-0.3, -0.25) is 0 Å². The average Bonchev–Trinajstić information content (AvgIpc) is 2.65. The molecule has 0 radical (unpaired) electrons. The van der Waals surface area contributed by atoms with Crippen LogP contribution >= 0.6 is 31.9 Å². The maximum absolute atomic E-state index is 12.7. The third kappa shape index (κ3) is 4.08. The van der Waals surface area contributed by atoms with E-state index < -0.39 is 9.84 Å². The first-order valence-electron chi connectivity index (χ1n) is 7.02. The van der Waals surface area contributed by atoms with Crippen molar-refractivity contribution in [2.45, 2.75) is 43.4 Å². The fourth-order valence-electron chi connectivity index (χ4n) is 2.92. The first-order chi connectivity index (χ1) is 9.47. The van der Waals surface area contributed by atoms with E-state index in [0.717, 1.165) is 35.5 Å². The number of sulfone groups is 1. The van der Waals surface area contributed by atoms with E-state index in [1.165, 1.54) is 12.8 Å². The van der Waals surface area contributed by atoms with Gasteiger partial charge in [0.1, 0.15) is 0 Å². The fraction of sp³-hybridized carbons (Fsp3) is 0.600. The van der Waals surface area contributed by atoms with Gasteiger partial charge in [0, 0.05) is 9.80 Å². The molecule has 0 amide bonds. The third-order valence-electron chi connectivity index (χ3n) is 4.12. The SMILES string of the molecule is O=S(=O)(CC1(CBr)CCCCCC1)c1ccc(Br)cc1. The van der Waals surface area contributed by atoms with Crippen LogP contribution in [0, 0.1) is 5.41 Å². The molecule has 2 nitrogen and oxygen atoms in total. The number of halogens is 2. The summed E-state index contributed by atoms with van der Waals surface area (Å²) in [5.74, 6) is 0.257. The Hall–Kier alpha value is 0.130. The van der Waals surface area contributed by atoms with E-state index in [1.807, 2.05) is 0 Å². The highest BCUT2D eigenvalue weighted by molar-refractivity contribution is 9.10. The fourth-order valence-corrected chi connectivity index (χ4v) is 6.12. The summed E-state index contributed by atoms with van der Waals surface area (Å²) < 4.78 is 26.2. The van der Waals surface area contributed by atoms with Gasteiger partial charge in [-0.2, -0.15) is 0 Å². The van der Waals surface area contributed by atoms with Gasteiger partial charge in [0.05, 0.1) is 10.6 Å². The van der Waals surface area contributed by atoms with Crippen LogP contribution in [0.3, 0.4) is 0 Å². The molecular formula is C15H20Br2O2S. The molecule has 0 saturated heterocycles. The summed E-state index contributed by atoms with van der Waals surface area (Å²) >= 11 is 6.91. The van der Waals surface area contributed by atoms with Crippen molar-refractivity contribution in [3.8, 4) is 0 Å². The molecule has 0 aliphatic heterocycles. The van der Waals surface area contributed by atoms with Crippen LogP contribution in [0.4, 0.5) is 0 Å². The zero-order valence-electron chi connectivity index (χ0n) is 11.4. The Labute approximate surface area is 138 Å². The molecule has 1 aromatic rings. The third-order valence-corrected chi connectivity index (χ3v) is 7.82. The smallest absolute Gasteiger partial charge is 0.178 e. The number of rotatable bonds is 4. The van der Waals surface area contributed by atoms with Gasteiger partial charge in [-0.25, -0.2) is 8.42 Å². The second-order valence-corrected chi connectivity index (χ2v) is 9.23. The Bertz CT molecular complexity index is 529. The van der Waals surface area contributed by atoms with Crippen molar-refractivity contribution in [1.82, 2.24) is 0 Å². The molecule has 1 saturated carbocycles. The van der Waals surface area contributed by atoms with Crippen molar-refractivity contribution in [3.05, 3.63) is 28.7 Å². The molecular weight excluding hydrogens is 404 g/mol. The van der Waals surface area contributed by atoms with Crippen LogP contribution < -0.4 is 0 Å². The number of benzene rings is 1. The standard InChI is InChI=1S/C15H20Br2O2S/c16-11-15(9-3-1-2-4-10-15)12-20(18,19)14-7-5-13(17)6-8-14/h5-8H,1-4,9-12H2. The Kier molecular flexibility index (Phi) is 5.71. The van der Waals surface area contributed by atoms with Crippen molar-refractivity contribution in [2.75, 3.05) is 11.1 Å². The number of alkyl halides is 1. The summed E-state index contributed by atoms with van der Waals surface area (Å²) in [6.07, 6.45) is 6.76. The predicted molar refractivity (Wildman–Crippen MR) is 90.1 cm³/mol. The molecule has 1 aliphatic carbocycles. The molecule has 20 heavy (non-hydrogen) atoms. The van der Waals surface area contributed by atoms with Crippen molar-refractivity contribution in [1.29, 1.82) is 0 Å². The molecule has 0 aromatic heterocycles.